The Balaban J connectivity index is 1.68. The number of nitrogens with one attached hydrogen (secondary N) is 1. The van der Waals surface area contributed by atoms with Crippen LogP contribution in [-0.4, -0.2) is 10.8 Å². The SMILES string of the molecule is Cc1cccc2sc(NC(CC(=O)c3ccccc3F)c3ccccc3F)nc12. The van der Waals surface area contributed by atoms with Crippen LogP contribution in [0.25, 0.3) is 10.2 Å². The van der Waals surface area contributed by atoms with Gasteiger partial charge in [-0.25, -0.2) is 13.8 Å². The minimum absolute atomic E-state index is 0.00390. The van der Waals surface area contributed by atoms with Gasteiger partial charge in [-0.2, -0.15) is 0 Å². The van der Waals surface area contributed by atoms with Gasteiger partial charge in [0.1, 0.15) is 11.6 Å². The van der Waals surface area contributed by atoms with Gasteiger partial charge in [0.15, 0.2) is 10.9 Å². The van der Waals surface area contributed by atoms with E-state index in [2.05, 4.69) is 10.3 Å². The molecule has 0 aliphatic rings. The minimum atomic E-state index is -0.677. The van der Waals surface area contributed by atoms with E-state index >= 15 is 0 Å². The molecule has 1 unspecified atom stereocenters. The van der Waals surface area contributed by atoms with Gasteiger partial charge in [0.2, 0.25) is 0 Å². The maximum absolute atomic E-state index is 14.5. The normalized spacial score (nSPS) is 12.1. The highest BCUT2D eigenvalue weighted by molar-refractivity contribution is 7.22. The zero-order chi connectivity index (χ0) is 20.4. The lowest BCUT2D eigenvalue weighted by Gasteiger charge is -2.19. The number of carbonyl (C=O) groups is 1. The molecule has 0 aliphatic carbocycles. The summed E-state index contributed by atoms with van der Waals surface area (Å²) < 4.78 is 29.6. The first-order valence-corrected chi connectivity index (χ1v) is 9.99. The summed E-state index contributed by atoms with van der Waals surface area (Å²) in [6.07, 6.45) is -0.100. The third-order valence-electron chi connectivity index (χ3n) is 4.76. The molecule has 0 bridgehead atoms. The third-order valence-corrected chi connectivity index (χ3v) is 5.71. The molecule has 1 heterocycles. The largest absolute Gasteiger partial charge is 0.354 e. The molecule has 3 aromatic carbocycles. The van der Waals surface area contributed by atoms with Crippen molar-refractivity contribution in [3.63, 3.8) is 0 Å². The van der Waals surface area contributed by atoms with Crippen LogP contribution in [0.3, 0.4) is 0 Å². The predicted molar refractivity (Wildman–Crippen MR) is 112 cm³/mol. The number of aryl methyl sites for hydroxylation is 1. The highest BCUT2D eigenvalue weighted by Crippen LogP contribution is 2.32. The van der Waals surface area contributed by atoms with Gasteiger partial charge in [-0.3, -0.25) is 4.79 Å². The van der Waals surface area contributed by atoms with Crippen molar-refractivity contribution in [1.82, 2.24) is 4.98 Å². The molecule has 1 N–H and O–H groups in total. The molecule has 146 valence electrons. The lowest BCUT2D eigenvalue weighted by Crippen LogP contribution is -2.17. The molecule has 3 nitrogen and oxygen atoms in total. The van der Waals surface area contributed by atoms with Crippen LogP contribution >= 0.6 is 11.3 Å². The number of Topliss-reactive ketones (excluding diaryl/α,β-unsaturated/α-hetero) is 1. The minimum Gasteiger partial charge on any atom is -0.354 e. The standard InChI is InChI=1S/C23H18F2N2OS/c1-14-7-6-12-21-22(14)27-23(29-21)26-19(15-8-2-4-10-17(15)24)13-20(28)16-9-3-5-11-18(16)25/h2-12,19H,13H2,1H3,(H,26,27). The number of carbonyl (C=O) groups excluding carboxylic acids is 1. The van der Waals surface area contributed by atoms with Gasteiger partial charge in [-0.05, 0) is 36.8 Å². The highest BCUT2D eigenvalue weighted by Gasteiger charge is 2.23. The Hall–Kier alpha value is -3.12. The first-order valence-electron chi connectivity index (χ1n) is 9.18. The summed E-state index contributed by atoms with van der Waals surface area (Å²) in [5.74, 6) is -1.41. The van der Waals surface area contributed by atoms with E-state index in [0.29, 0.717) is 10.7 Å². The van der Waals surface area contributed by atoms with Gasteiger partial charge in [0.25, 0.3) is 0 Å². The average molecular weight is 408 g/mol. The Morgan fingerprint density at radius 2 is 1.72 bits per heavy atom. The third kappa shape index (κ3) is 4.03. The van der Waals surface area contributed by atoms with Crippen molar-refractivity contribution < 1.29 is 13.6 Å². The van der Waals surface area contributed by atoms with Gasteiger partial charge in [0.05, 0.1) is 21.8 Å². The summed E-state index contributed by atoms with van der Waals surface area (Å²) in [5.41, 5.74) is 2.24. The van der Waals surface area contributed by atoms with Crippen molar-refractivity contribution in [2.45, 2.75) is 19.4 Å². The molecule has 0 fully saturated rings. The summed E-state index contributed by atoms with van der Waals surface area (Å²) in [6.45, 7) is 1.97. The van der Waals surface area contributed by atoms with Crippen molar-refractivity contribution in [1.29, 1.82) is 0 Å². The Morgan fingerprint density at radius 1 is 1.00 bits per heavy atom. The number of rotatable bonds is 6. The maximum atomic E-state index is 14.5. The van der Waals surface area contributed by atoms with Crippen LogP contribution in [0.4, 0.5) is 13.9 Å². The van der Waals surface area contributed by atoms with Crippen LogP contribution in [0.15, 0.2) is 66.7 Å². The van der Waals surface area contributed by atoms with Crippen molar-refractivity contribution >= 4 is 32.5 Å². The Morgan fingerprint density at radius 3 is 2.45 bits per heavy atom. The second kappa shape index (κ2) is 8.09. The van der Waals surface area contributed by atoms with E-state index < -0.39 is 23.5 Å². The monoisotopic (exact) mass is 408 g/mol. The van der Waals surface area contributed by atoms with E-state index in [1.807, 2.05) is 25.1 Å². The quantitative estimate of drug-likeness (QED) is 0.380. The van der Waals surface area contributed by atoms with Crippen molar-refractivity contribution in [3.8, 4) is 0 Å². The van der Waals surface area contributed by atoms with E-state index in [4.69, 9.17) is 0 Å². The van der Waals surface area contributed by atoms with Crippen molar-refractivity contribution in [2.75, 3.05) is 5.32 Å². The van der Waals surface area contributed by atoms with Gasteiger partial charge in [0, 0.05) is 12.0 Å². The molecule has 4 aromatic rings. The van der Waals surface area contributed by atoms with Crippen LogP contribution in [0.5, 0.6) is 0 Å². The van der Waals surface area contributed by atoms with Crippen LogP contribution in [0.2, 0.25) is 0 Å². The Bertz CT molecular complexity index is 1190. The Labute approximate surface area is 171 Å². The molecule has 1 atom stereocenters. The second-order valence-electron chi connectivity index (χ2n) is 6.77. The van der Waals surface area contributed by atoms with E-state index in [9.17, 15) is 13.6 Å². The number of halogens is 2. The molecule has 1 aromatic heterocycles. The fourth-order valence-corrected chi connectivity index (χ4v) is 4.27. The zero-order valence-corrected chi connectivity index (χ0v) is 16.5. The number of hydrogen-bond acceptors (Lipinski definition) is 4. The first kappa shape index (κ1) is 19.2. The molecular formula is C23H18F2N2OS. The molecule has 0 saturated carbocycles. The lowest BCUT2D eigenvalue weighted by molar-refractivity contribution is 0.0972. The van der Waals surface area contributed by atoms with Crippen LogP contribution in [0.1, 0.15) is 33.9 Å². The molecule has 29 heavy (non-hydrogen) atoms. The maximum Gasteiger partial charge on any atom is 0.184 e. The number of aromatic nitrogens is 1. The van der Waals surface area contributed by atoms with E-state index in [0.717, 1.165) is 15.8 Å². The summed E-state index contributed by atoms with van der Waals surface area (Å²) in [6, 6.07) is 17.3. The fraction of sp³-hybridized carbons (Fsp3) is 0.130. The predicted octanol–water partition coefficient (Wildman–Crippen LogP) is 6.31. The van der Waals surface area contributed by atoms with Crippen molar-refractivity contribution in [2.24, 2.45) is 0 Å². The summed E-state index contributed by atoms with van der Waals surface area (Å²) in [7, 11) is 0. The van der Waals surface area contributed by atoms with E-state index in [-0.39, 0.29) is 12.0 Å². The number of ketones is 1. The van der Waals surface area contributed by atoms with Crippen molar-refractivity contribution in [3.05, 3.63) is 95.1 Å². The second-order valence-corrected chi connectivity index (χ2v) is 7.80. The first-order chi connectivity index (χ1) is 14.0. The molecule has 6 heteroatoms. The molecular weight excluding hydrogens is 390 g/mol. The number of fused-ring (bicyclic) bond motifs is 1. The molecule has 0 radical (unpaired) electrons. The van der Waals surface area contributed by atoms with E-state index in [1.165, 1.54) is 35.6 Å². The van der Waals surface area contributed by atoms with Gasteiger partial charge >= 0.3 is 0 Å². The summed E-state index contributed by atoms with van der Waals surface area (Å²) >= 11 is 1.44. The average Bonchev–Trinajstić information content (AvgIpc) is 3.12. The molecule has 0 saturated heterocycles. The van der Waals surface area contributed by atoms with Gasteiger partial charge in [-0.1, -0.05) is 53.8 Å². The topological polar surface area (TPSA) is 42.0 Å². The summed E-state index contributed by atoms with van der Waals surface area (Å²) in [4.78, 5) is 17.4. The number of benzene rings is 3. The van der Waals surface area contributed by atoms with E-state index in [1.54, 1.807) is 24.3 Å². The summed E-state index contributed by atoms with van der Waals surface area (Å²) in [5, 5.41) is 3.78. The Kier molecular flexibility index (Phi) is 5.36. The van der Waals surface area contributed by atoms with Crippen LogP contribution in [0, 0.1) is 18.6 Å². The number of nitrogens with zero attached hydrogens (tertiary/aromatic N) is 1. The number of para-hydroxylation sites is 1. The van der Waals surface area contributed by atoms with Crippen LogP contribution in [-0.2, 0) is 0 Å². The lowest BCUT2D eigenvalue weighted by atomic mass is 9.97. The molecule has 0 amide bonds. The van der Waals surface area contributed by atoms with Gasteiger partial charge in [-0.15, -0.1) is 0 Å². The number of hydrogen-bond donors (Lipinski definition) is 1. The van der Waals surface area contributed by atoms with Gasteiger partial charge < -0.3 is 5.32 Å². The smallest absolute Gasteiger partial charge is 0.184 e. The highest BCUT2D eigenvalue weighted by atomic mass is 32.1. The molecule has 0 aliphatic heterocycles. The molecule has 4 rings (SSSR count). The number of thiazole rings is 1. The fourth-order valence-electron chi connectivity index (χ4n) is 3.28. The van der Waals surface area contributed by atoms with Crippen LogP contribution < -0.4 is 5.32 Å². The molecule has 0 spiro atoms. The zero-order valence-electron chi connectivity index (χ0n) is 15.7. The number of anilines is 1.